The first kappa shape index (κ1) is 21.9. The van der Waals surface area contributed by atoms with E-state index >= 15 is 4.39 Å². The molecule has 0 fully saturated rings. The number of nitrogens with zero attached hydrogens (tertiary/aromatic N) is 1. The number of carbonyl (C=O) groups excluding carboxylic acids is 1. The molecule has 0 aliphatic carbocycles. The Kier molecular flexibility index (Phi) is 7.12. The summed E-state index contributed by atoms with van der Waals surface area (Å²) in [5.74, 6) is -1.55. The third kappa shape index (κ3) is 4.83. The molecule has 4 nitrogen and oxygen atoms in total. The van der Waals surface area contributed by atoms with Crippen molar-refractivity contribution < 1.29 is 23.0 Å². The normalized spacial score (nSPS) is 12.0. The zero-order chi connectivity index (χ0) is 21.7. The van der Waals surface area contributed by atoms with Crippen LogP contribution in [-0.4, -0.2) is 25.2 Å². The van der Waals surface area contributed by atoms with E-state index in [9.17, 15) is 9.18 Å². The second kappa shape index (κ2) is 9.77. The van der Waals surface area contributed by atoms with Gasteiger partial charge in [-0.15, -0.1) is 11.3 Å². The molecule has 0 amide bonds. The molecule has 0 atom stereocenters. The Hall–Kier alpha value is -2.84. The molecule has 0 spiro atoms. The Bertz CT molecular complexity index is 1120. The highest BCUT2D eigenvalue weighted by atomic mass is 79.9. The van der Waals surface area contributed by atoms with E-state index in [0.717, 1.165) is 11.3 Å². The molecule has 0 aliphatic rings. The molecule has 0 saturated carbocycles. The van der Waals surface area contributed by atoms with E-state index < -0.39 is 11.8 Å². The molecule has 0 unspecified atom stereocenters. The zero-order valence-corrected chi connectivity index (χ0v) is 18.4. The lowest BCUT2D eigenvalue weighted by Gasteiger charge is -2.09. The quantitative estimate of drug-likeness (QED) is 0.229. The van der Waals surface area contributed by atoms with Crippen molar-refractivity contribution in [2.24, 2.45) is 0 Å². The molecule has 8 heteroatoms. The van der Waals surface area contributed by atoms with Gasteiger partial charge in [0.2, 0.25) is 0 Å². The number of carbonyl (C=O) groups is 1. The second-order valence-electron chi connectivity index (χ2n) is 5.99. The van der Waals surface area contributed by atoms with E-state index in [1.807, 2.05) is 0 Å². The number of methoxy groups -OCH3 is 2. The van der Waals surface area contributed by atoms with E-state index in [1.54, 1.807) is 36.4 Å². The number of thiazole rings is 1. The van der Waals surface area contributed by atoms with Crippen LogP contribution in [0.15, 0.2) is 58.6 Å². The summed E-state index contributed by atoms with van der Waals surface area (Å²) in [5.41, 5.74) is 2.25. The maximum atomic E-state index is 15.1. The molecule has 1 aromatic heterocycles. The van der Waals surface area contributed by atoms with Gasteiger partial charge in [-0.3, -0.25) is 0 Å². The minimum atomic E-state index is -0.603. The van der Waals surface area contributed by atoms with Crippen molar-refractivity contribution in [3.05, 3.63) is 80.5 Å². The van der Waals surface area contributed by atoms with Crippen LogP contribution in [-0.2, 0) is 14.3 Å². The zero-order valence-electron chi connectivity index (χ0n) is 16.0. The lowest BCUT2D eigenvalue weighted by Crippen LogP contribution is -2.05. The van der Waals surface area contributed by atoms with E-state index in [4.69, 9.17) is 9.47 Å². The van der Waals surface area contributed by atoms with E-state index in [-0.39, 0.29) is 16.4 Å². The van der Waals surface area contributed by atoms with Gasteiger partial charge in [-0.25, -0.2) is 18.6 Å². The van der Waals surface area contributed by atoms with Crippen molar-refractivity contribution >= 4 is 50.7 Å². The first-order chi connectivity index (χ1) is 14.4. The molecule has 3 rings (SSSR count). The molecule has 2 aromatic carbocycles. The van der Waals surface area contributed by atoms with Crippen LogP contribution in [0.4, 0.5) is 8.78 Å². The summed E-state index contributed by atoms with van der Waals surface area (Å²) >= 11 is 4.51. The molecular weight excluding hydrogens is 476 g/mol. The van der Waals surface area contributed by atoms with Gasteiger partial charge in [-0.1, -0.05) is 24.3 Å². The Morgan fingerprint density at radius 2 is 1.83 bits per heavy atom. The van der Waals surface area contributed by atoms with Gasteiger partial charge in [0.15, 0.2) is 10.8 Å². The smallest absolute Gasteiger partial charge is 0.341 e. The largest absolute Gasteiger partial charge is 0.503 e. The maximum Gasteiger partial charge on any atom is 0.341 e. The predicted molar refractivity (Wildman–Crippen MR) is 118 cm³/mol. The van der Waals surface area contributed by atoms with Crippen LogP contribution in [0.25, 0.3) is 28.7 Å². The average Bonchev–Trinajstić information content (AvgIpc) is 3.14. The van der Waals surface area contributed by atoms with Gasteiger partial charge in [-0.05, 0) is 57.4 Å². The molecule has 0 saturated heterocycles. The molecule has 3 aromatic rings. The summed E-state index contributed by atoms with van der Waals surface area (Å²) in [4.78, 5) is 16.5. The molecule has 0 N–H and O–H groups in total. The third-order valence-electron chi connectivity index (χ3n) is 4.08. The number of halogens is 3. The first-order valence-corrected chi connectivity index (χ1v) is 10.3. The lowest BCUT2D eigenvalue weighted by atomic mass is 10.00. The molecule has 154 valence electrons. The van der Waals surface area contributed by atoms with Gasteiger partial charge in [0.1, 0.15) is 11.4 Å². The van der Waals surface area contributed by atoms with Crippen molar-refractivity contribution in [3.63, 3.8) is 0 Å². The van der Waals surface area contributed by atoms with Crippen LogP contribution in [0.2, 0.25) is 0 Å². The molecule has 1 heterocycles. The van der Waals surface area contributed by atoms with E-state index in [2.05, 4.69) is 20.9 Å². The Morgan fingerprint density at radius 1 is 1.13 bits per heavy atom. The summed E-state index contributed by atoms with van der Waals surface area (Å²) in [6.45, 7) is 0. The number of ether oxygens (including phenoxy) is 2. The van der Waals surface area contributed by atoms with Gasteiger partial charge in [0, 0.05) is 5.56 Å². The topological polar surface area (TPSA) is 48.4 Å². The number of benzene rings is 2. The highest BCUT2D eigenvalue weighted by Crippen LogP contribution is 2.37. The van der Waals surface area contributed by atoms with Gasteiger partial charge in [0.25, 0.3) is 0 Å². The van der Waals surface area contributed by atoms with Crippen LogP contribution in [0.3, 0.4) is 0 Å². The van der Waals surface area contributed by atoms with Crippen LogP contribution >= 0.6 is 27.3 Å². The standard InChI is InChI=1S/C22H16BrF2NO3S/c1-28-12-17(22(27)29-2)16-6-4-3-5-14(16)11-18(25)21-26-19(20(23)30-21)13-7-9-15(24)10-8-13/h3-12H,1-2H3. The monoisotopic (exact) mass is 491 g/mol. The van der Waals surface area contributed by atoms with Crippen molar-refractivity contribution in [1.29, 1.82) is 0 Å². The van der Waals surface area contributed by atoms with Crippen molar-refractivity contribution in [1.82, 2.24) is 4.98 Å². The Labute approximate surface area is 184 Å². The SMILES string of the molecule is COC=C(C(=O)OC)c1ccccc1C=C(F)c1nc(-c2ccc(F)cc2)c(Br)s1. The third-order valence-corrected chi connectivity index (χ3v) is 5.80. The predicted octanol–water partition coefficient (Wildman–Crippen LogP) is 6.34. The van der Waals surface area contributed by atoms with Crippen molar-refractivity contribution in [3.8, 4) is 11.3 Å². The molecular formula is C22H16BrF2NO3S. The van der Waals surface area contributed by atoms with Crippen molar-refractivity contribution in [2.75, 3.05) is 14.2 Å². The highest BCUT2D eigenvalue weighted by Gasteiger charge is 2.18. The van der Waals surface area contributed by atoms with Crippen LogP contribution < -0.4 is 0 Å². The minimum absolute atomic E-state index is 0.145. The Balaban J connectivity index is 2.01. The Morgan fingerprint density at radius 3 is 2.50 bits per heavy atom. The fraction of sp³-hybridized carbons (Fsp3) is 0.0909. The molecule has 30 heavy (non-hydrogen) atoms. The summed E-state index contributed by atoms with van der Waals surface area (Å²) in [6.07, 6.45) is 2.55. The summed E-state index contributed by atoms with van der Waals surface area (Å²) < 4.78 is 38.6. The maximum absolute atomic E-state index is 15.1. The van der Waals surface area contributed by atoms with Gasteiger partial charge < -0.3 is 9.47 Å². The van der Waals surface area contributed by atoms with Gasteiger partial charge in [0.05, 0.1) is 30.0 Å². The number of aromatic nitrogens is 1. The minimum Gasteiger partial charge on any atom is -0.503 e. The van der Waals surface area contributed by atoms with Crippen LogP contribution in [0.1, 0.15) is 16.1 Å². The summed E-state index contributed by atoms with van der Waals surface area (Å²) in [7, 11) is 2.67. The summed E-state index contributed by atoms with van der Waals surface area (Å²) in [5, 5.41) is 0.145. The van der Waals surface area contributed by atoms with E-state index in [0.29, 0.717) is 26.2 Å². The molecule has 0 radical (unpaired) electrons. The van der Waals surface area contributed by atoms with Gasteiger partial charge in [-0.2, -0.15) is 0 Å². The number of hydrogen-bond donors (Lipinski definition) is 0. The fourth-order valence-electron chi connectivity index (χ4n) is 2.71. The number of esters is 1. The highest BCUT2D eigenvalue weighted by molar-refractivity contribution is 9.11. The van der Waals surface area contributed by atoms with Crippen molar-refractivity contribution in [2.45, 2.75) is 0 Å². The van der Waals surface area contributed by atoms with Crippen LogP contribution in [0, 0.1) is 5.82 Å². The average molecular weight is 492 g/mol. The van der Waals surface area contributed by atoms with Gasteiger partial charge >= 0.3 is 5.97 Å². The van der Waals surface area contributed by atoms with E-state index in [1.165, 1.54) is 38.7 Å². The second-order valence-corrected chi connectivity index (χ2v) is 8.30. The van der Waals surface area contributed by atoms with Crippen LogP contribution in [0.5, 0.6) is 0 Å². The molecule has 0 bridgehead atoms. The molecule has 0 aliphatic heterocycles. The number of rotatable bonds is 6. The fourth-order valence-corrected chi connectivity index (χ4v) is 4.21. The first-order valence-electron chi connectivity index (χ1n) is 8.65. The summed E-state index contributed by atoms with van der Waals surface area (Å²) in [6, 6.07) is 12.6. The lowest BCUT2D eigenvalue weighted by molar-refractivity contribution is -0.133. The number of hydrogen-bond acceptors (Lipinski definition) is 5.